The van der Waals surface area contributed by atoms with Crippen LogP contribution in [0.4, 0.5) is 5.69 Å². The number of aryl methyl sites for hydroxylation is 1. The first-order valence-electron chi connectivity index (χ1n) is 6.18. The Morgan fingerprint density at radius 2 is 2.23 bits per heavy atom. The van der Waals surface area contributed by atoms with Crippen LogP contribution < -0.4 is 5.43 Å². The molecule has 0 aliphatic heterocycles. The Morgan fingerprint density at radius 1 is 1.45 bits per heavy atom. The number of nitrogens with zero attached hydrogens (tertiary/aromatic N) is 3. The van der Waals surface area contributed by atoms with E-state index in [2.05, 4.69) is 15.5 Å². The van der Waals surface area contributed by atoms with E-state index in [4.69, 9.17) is 11.6 Å². The highest BCUT2D eigenvalue weighted by Crippen LogP contribution is 2.18. The van der Waals surface area contributed by atoms with Crippen molar-refractivity contribution >= 4 is 29.4 Å². The standard InChI is InChI=1S/C14H11ClN4O3/c1-9-4-5-10(7-12(9)19(21)22)8-17-18-14(20)11-3-2-6-16-13(11)15/h2-8H,1H3,(H,18,20). The van der Waals surface area contributed by atoms with Crippen LogP contribution in [0.3, 0.4) is 0 Å². The van der Waals surface area contributed by atoms with Crippen LogP contribution in [-0.4, -0.2) is 22.0 Å². The van der Waals surface area contributed by atoms with Gasteiger partial charge in [0.05, 0.1) is 16.7 Å². The second-order valence-electron chi connectivity index (χ2n) is 4.34. The van der Waals surface area contributed by atoms with Gasteiger partial charge in [0.1, 0.15) is 5.15 Å². The average molecular weight is 319 g/mol. The van der Waals surface area contributed by atoms with Gasteiger partial charge in [-0.3, -0.25) is 14.9 Å². The van der Waals surface area contributed by atoms with Gasteiger partial charge in [0.15, 0.2) is 0 Å². The molecule has 8 heteroatoms. The van der Waals surface area contributed by atoms with Gasteiger partial charge in [-0.25, -0.2) is 10.4 Å². The van der Waals surface area contributed by atoms with Crippen LogP contribution in [0, 0.1) is 17.0 Å². The number of hydrogen-bond acceptors (Lipinski definition) is 5. The highest BCUT2D eigenvalue weighted by molar-refractivity contribution is 6.32. The van der Waals surface area contributed by atoms with E-state index in [1.54, 1.807) is 25.1 Å². The van der Waals surface area contributed by atoms with E-state index in [9.17, 15) is 14.9 Å². The molecule has 0 fully saturated rings. The zero-order valence-corrected chi connectivity index (χ0v) is 12.2. The van der Waals surface area contributed by atoms with E-state index in [0.717, 1.165) is 0 Å². The smallest absolute Gasteiger partial charge is 0.267 e. The summed E-state index contributed by atoms with van der Waals surface area (Å²) >= 11 is 5.79. The van der Waals surface area contributed by atoms with E-state index < -0.39 is 10.8 Å². The number of nitro groups is 1. The fourth-order valence-electron chi connectivity index (χ4n) is 1.68. The van der Waals surface area contributed by atoms with Crippen LogP contribution in [0.2, 0.25) is 5.15 Å². The summed E-state index contributed by atoms with van der Waals surface area (Å²) in [6.45, 7) is 1.64. The number of aromatic nitrogens is 1. The monoisotopic (exact) mass is 318 g/mol. The molecule has 0 spiro atoms. The molecular weight excluding hydrogens is 308 g/mol. The predicted octanol–water partition coefficient (Wildman–Crippen LogP) is 2.72. The summed E-state index contributed by atoms with van der Waals surface area (Å²) in [6.07, 6.45) is 2.78. The molecule has 0 saturated heterocycles. The van der Waals surface area contributed by atoms with Gasteiger partial charge >= 0.3 is 0 Å². The fraction of sp³-hybridized carbons (Fsp3) is 0.0714. The minimum Gasteiger partial charge on any atom is -0.267 e. The van der Waals surface area contributed by atoms with Crippen LogP contribution in [-0.2, 0) is 0 Å². The third-order valence-corrected chi connectivity index (χ3v) is 3.11. The molecule has 0 aliphatic rings. The molecule has 112 valence electrons. The van der Waals surface area contributed by atoms with Crippen LogP contribution >= 0.6 is 11.6 Å². The number of hydrogen-bond donors (Lipinski definition) is 1. The van der Waals surface area contributed by atoms with Crippen LogP contribution in [0.1, 0.15) is 21.5 Å². The van der Waals surface area contributed by atoms with Crippen molar-refractivity contribution in [1.29, 1.82) is 0 Å². The van der Waals surface area contributed by atoms with E-state index in [-0.39, 0.29) is 16.4 Å². The largest absolute Gasteiger partial charge is 0.274 e. The van der Waals surface area contributed by atoms with Crippen LogP contribution in [0.15, 0.2) is 41.6 Å². The van der Waals surface area contributed by atoms with Crippen molar-refractivity contribution in [2.75, 3.05) is 0 Å². The molecule has 1 aromatic heterocycles. The minimum atomic E-state index is -0.518. The molecule has 2 rings (SSSR count). The summed E-state index contributed by atoms with van der Waals surface area (Å²) in [6, 6.07) is 7.74. The third-order valence-electron chi connectivity index (χ3n) is 2.81. The maximum atomic E-state index is 11.8. The van der Waals surface area contributed by atoms with Gasteiger partial charge in [0.2, 0.25) is 0 Å². The second kappa shape index (κ2) is 6.77. The Labute approximate surface area is 130 Å². The lowest BCUT2D eigenvalue weighted by Gasteiger charge is -2.01. The number of carbonyl (C=O) groups is 1. The minimum absolute atomic E-state index is 0.00872. The number of carbonyl (C=O) groups excluding carboxylic acids is 1. The topological polar surface area (TPSA) is 97.5 Å². The number of rotatable bonds is 4. The van der Waals surface area contributed by atoms with Gasteiger partial charge < -0.3 is 0 Å². The quantitative estimate of drug-likeness (QED) is 0.405. The Bertz CT molecular complexity index is 762. The summed E-state index contributed by atoms with van der Waals surface area (Å²) in [4.78, 5) is 26.0. The number of nitrogens with one attached hydrogen (secondary N) is 1. The zero-order chi connectivity index (χ0) is 16.1. The summed E-state index contributed by atoms with van der Waals surface area (Å²) in [5, 5.41) is 14.7. The highest BCUT2D eigenvalue weighted by Gasteiger charge is 2.11. The van der Waals surface area contributed by atoms with Gasteiger partial charge in [-0.2, -0.15) is 5.10 Å². The van der Waals surface area contributed by atoms with E-state index >= 15 is 0 Å². The number of amides is 1. The van der Waals surface area contributed by atoms with E-state index in [1.807, 2.05) is 0 Å². The molecule has 1 aromatic carbocycles. The maximum Gasteiger partial charge on any atom is 0.274 e. The second-order valence-corrected chi connectivity index (χ2v) is 4.70. The lowest BCUT2D eigenvalue weighted by atomic mass is 10.1. The van der Waals surface area contributed by atoms with E-state index in [1.165, 1.54) is 24.5 Å². The first-order valence-corrected chi connectivity index (χ1v) is 6.56. The van der Waals surface area contributed by atoms with Crippen molar-refractivity contribution in [3.05, 3.63) is 68.5 Å². The number of pyridine rings is 1. The fourth-order valence-corrected chi connectivity index (χ4v) is 1.89. The first-order chi connectivity index (χ1) is 10.5. The molecule has 0 bridgehead atoms. The molecule has 1 amide bonds. The Hall–Kier alpha value is -2.80. The van der Waals surface area contributed by atoms with Gasteiger partial charge in [-0.1, -0.05) is 23.7 Å². The summed E-state index contributed by atoms with van der Waals surface area (Å²) < 4.78 is 0. The SMILES string of the molecule is Cc1ccc(C=NNC(=O)c2cccnc2Cl)cc1[N+](=O)[O-]. The van der Waals surface area contributed by atoms with Crippen molar-refractivity contribution < 1.29 is 9.72 Å². The molecular formula is C14H11ClN4O3. The van der Waals surface area contributed by atoms with Gasteiger partial charge in [-0.05, 0) is 19.1 Å². The Kier molecular flexibility index (Phi) is 4.80. The zero-order valence-electron chi connectivity index (χ0n) is 11.5. The molecule has 1 N–H and O–H groups in total. The average Bonchev–Trinajstić information content (AvgIpc) is 2.49. The van der Waals surface area contributed by atoms with Crippen molar-refractivity contribution in [1.82, 2.24) is 10.4 Å². The molecule has 0 radical (unpaired) electrons. The summed E-state index contributed by atoms with van der Waals surface area (Å²) in [5.74, 6) is -0.518. The number of halogens is 1. The Morgan fingerprint density at radius 3 is 2.91 bits per heavy atom. The van der Waals surface area contributed by atoms with Gasteiger partial charge in [-0.15, -0.1) is 0 Å². The molecule has 2 aromatic rings. The molecule has 0 atom stereocenters. The lowest BCUT2D eigenvalue weighted by molar-refractivity contribution is -0.385. The molecule has 1 heterocycles. The molecule has 7 nitrogen and oxygen atoms in total. The normalized spacial score (nSPS) is 10.6. The van der Waals surface area contributed by atoms with Crippen LogP contribution in [0.5, 0.6) is 0 Å². The van der Waals surface area contributed by atoms with Gasteiger partial charge in [0.25, 0.3) is 11.6 Å². The summed E-state index contributed by atoms with van der Waals surface area (Å²) in [5.41, 5.74) is 3.51. The first kappa shape index (κ1) is 15.6. The number of benzene rings is 1. The molecule has 0 aliphatic carbocycles. The van der Waals surface area contributed by atoms with Crippen molar-refractivity contribution in [3.63, 3.8) is 0 Å². The Balaban J connectivity index is 2.10. The molecule has 0 unspecified atom stereocenters. The number of hydrazone groups is 1. The maximum absolute atomic E-state index is 11.8. The molecule has 22 heavy (non-hydrogen) atoms. The summed E-state index contributed by atoms with van der Waals surface area (Å²) in [7, 11) is 0. The van der Waals surface area contributed by atoms with Crippen LogP contribution in [0.25, 0.3) is 0 Å². The van der Waals surface area contributed by atoms with Crippen molar-refractivity contribution in [2.45, 2.75) is 6.92 Å². The van der Waals surface area contributed by atoms with Crippen molar-refractivity contribution in [2.24, 2.45) is 5.10 Å². The lowest BCUT2D eigenvalue weighted by Crippen LogP contribution is -2.18. The van der Waals surface area contributed by atoms with Crippen molar-refractivity contribution in [3.8, 4) is 0 Å². The third kappa shape index (κ3) is 3.64. The molecule has 0 saturated carbocycles. The number of nitro benzene ring substituents is 1. The van der Waals surface area contributed by atoms with Gasteiger partial charge in [0, 0.05) is 23.4 Å². The highest BCUT2D eigenvalue weighted by atomic mass is 35.5. The van der Waals surface area contributed by atoms with E-state index in [0.29, 0.717) is 11.1 Å². The predicted molar refractivity (Wildman–Crippen MR) is 82.1 cm³/mol.